The molecular formula is C18H18FN3O. The van der Waals surface area contributed by atoms with Gasteiger partial charge in [-0.05, 0) is 42.5 Å². The Morgan fingerprint density at radius 1 is 1.04 bits per heavy atom. The van der Waals surface area contributed by atoms with Crippen LogP contribution in [-0.4, -0.2) is 36.2 Å². The SMILES string of the molecule is N#Cc1ccc(F)c(CN2CCN(c3ccc(O)cc3)CC2)c1. The van der Waals surface area contributed by atoms with Crippen molar-refractivity contribution < 1.29 is 9.50 Å². The largest absolute Gasteiger partial charge is 0.508 e. The molecule has 0 radical (unpaired) electrons. The van der Waals surface area contributed by atoms with Crippen molar-refractivity contribution in [2.45, 2.75) is 6.54 Å². The Labute approximate surface area is 135 Å². The van der Waals surface area contributed by atoms with Gasteiger partial charge in [0, 0.05) is 44.0 Å². The summed E-state index contributed by atoms with van der Waals surface area (Å²) in [7, 11) is 0. The molecule has 4 nitrogen and oxygen atoms in total. The lowest BCUT2D eigenvalue weighted by atomic mass is 10.1. The zero-order chi connectivity index (χ0) is 16.2. The van der Waals surface area contributed by atoms with Crippen molar-refractivity contribution in [1.29, 1.82) is 5.26 Å². The average Bonchev–Trinajstić information content (AvgIpc) is 2.58. The third-order valence-corrected chi connectivity index (χ3v) is 4.16. The molecular weight excluding hydrogens is 293 g/mol. The van der Waals surface area contributed by atoms with E-state index in [1.54, 1.807) is 18.2 Å². The van der Waals surface area contributed by atoms with Gasteiger partial charge in [-0.1, -0.05) is 0 Å². The molecule has 23 heavy (non-hydrogen) atoms. The Balaban J connectivity index is 1.61. The van der Waals surface area contributed by atoms with Crippen LogP contribution in [0.5, 0.6) is 5.75 Å². The number of rotatable bonds is 3. The minimum Gasteiger partial charge on any atom is -0.508 e. The number of nitrogens with zero attached hydrogens (tertiary/aromatic N) is 3. The van der Waals surface area contributed by atoms with Crippen LogP contribution >= 0.6 is 0 Å². The Morgan fingerprint density at radius 3 is 2.39 bits per heavy atom. The van der Waals surface area contributed by atoms with Gasteiger partial charge < -0.3 is 10.0 Å². The maximum Gasteiger partial charge on any atom is 0.127 e. The van der Waals surface area contributed by atoms with Crippen LogP contribution in [0.15, 0.2) is 42.5 Å². The third kappa shape index (κ3) is 3.61. The highest BCUT2D eigenvalue weighted by Gasteiger charge is 2.18. The second-order valence-electron chi connectivity index (χ2n) is 5.70. The molecule has 1 saturated heterocycles. The fraction of sp³-hybridized carbons (Fsp3) is 0.278. The first-order valence-electron chi connectivity index (χ1n) is 7.60. The molecule has 0 aromatic heterocycles. The van der Waals surface area contributed by atoms with E-state index in [-0.39, 0.29) is 11.6 Å². The number of aromatic hydroxyl groups is 1. The molecule has 5 heteroatoms. The van der Waals surface area contributed by atoms with Crippen molar-refractivity contribution >= 4 is 5.69 Å². The molecule has 1 aliphatic rings. The number of phenolic OH excluding ortho intramolecular Hbond substituents is 1. The lowest BCUT2D eigenvalue weighted by Crippen LogP contribution is -2.46. The summed E-state index contributed by atoms with van der Waals surface area (Å²) in [4.78, 5) is 4.44. The van der Waals surface area contributed by atoms with E-state index < -0.39 is 0 Å². The molecule has 2 aromatic carbocycles. The Bertz CT molecular complexity index is 716. The summed E-state index contributed by atoms with van der Waals surface area (Å²) < 4.78 is 13.9. The number of hydrogen-bond donors (Lipinski definition) is 1. The number of phenols is 1. The summed E-state index contributed by atoms with van der Waals surface area (Å²) in [5.74, 6) is 0.00481. The van der Waals surface area contributed by atoms with E-state index in [1.807, 2.05) is 12.1 Å². The maximum atomic E-state index is 13.9. The Morgan fingerprint density at radius 2 is 1.74 bits per heavy atom. The van der Waals surface area contributed by atoms with Gasteiger partial charge in [-0.25, -0.2) is 4.39 Å². The number of halogens is 1. The van der Waals surface area contributed by atoms with Crippen LogP contribution in [0.3, 0.4) is 0 Å². The number of anilines is 1. The fourth-order valence-corrected chi connectivity index (χ4v) is 2.83. The number of hydrogen-bond acceptors (Lipinski definition) is 4. The predicted molar refractivity (Wildman–Crippen MR) is 86.7 cm³/mol. The molecule has 0 spiro atoms. The van der Waals surface area contributed by atoms with Crippen molar-refractivity contribution in [2.75, 3.05) is 31.1 Å². The number of piperazine rings is 1. The fourth-order valence-electron chi connectivity index (χ4n) is 2.83. The quantitative estimate of drug-likeness (QED) is 0.947. The van der Waals surface area contributed by atoms with Crippen molar-refractivity contribution in [2.24, 2.45) is 0 Å². The van der Waals surface area contributed by atoms with Gasteiger partial charge in [0.15, 0.2) is 0 Å². The highest BCUT2D eigenvalue weighted by molar-refractivity contribution is 5.49. The van der Waals surface area contributed by atoms with E-state index in [2.05, 4.69) is 15.9 Å². The molecule has 118 valence electrons. The summed E-state index contributed by atoms with van der Waals surface area (Å²) in [5.41, 5.74) is 2.14. The molecule has 0 saturated carbocycles. The minimum atomic E-state index is -0.259. The highest BCUT2D eigenvalue weighted by Crippen LogP contribution is 2.21. The molecule has 1 fully saturated rings. The summed E-state index contributed by atoms with van der Waals surface area (Å²) >= 11 is 0. The van der Waals surface area contributed by atoms with Crippen molar-refractivity contribution in [1.82, 2.24) is 4.90 Å². The van der Waals surface area contributed by atoms with E-state index in [0.717, 1.165) is 31.9 Å². The standard InChI is InChI=1S/C18H18FN3O/c19-18-6-1-14(12-20)11-15(18)13-21-7-9-22(10-8-21)16-2-4-17(23)5-3-16/h1-6,11,23H,7-10,13H2. The van der Waals surface area contributed by atoms with Gasteiger partial charge in [-0.3, -0.25) is 4.90 Å². The van der Waals surface area contributed by atoms with Crippen LogP contribution in [-0.2, 0) is 6.54 Å². The topological polar surface area (TPSA) is 50.5 Å². The number of nitriles is 1. The lowest BCUT2D eigenvalue weighted by Gasteiger charge is -2.36. The highest BCUT2D eigenvalue weighted by atomic mass is 19.1. The second-order valence-corrected chi connectivity index (χ2v) is 5.70. The van der Waals surface area contributed by atoms with E-state index in [1.165, 1.54) is 12.1 Å². The van der Waals surface area contributed by atoms with Crippen LogP contribution < -0.4 is 4.90 Å². The predicted octanol–water partition coefficient (Wildman–Crippen LogP) is 2.73. The molecule has 0 atom stereocenters. The van der Waals surface area contributed by atoms with Gasteiger partial charge in [0.05, 0.1) is 11.6 Å². The normalized spacial score (nSPS) is 15.4. The first kappa shape index (κ1) is 15.3. The third-order valence-electron chi connectivity index (χ3n) is 4.16. The molecule has 0 bridgehead atoms. The Hall–Kier alpha value is -2.58. The second kappa shape index (κ2) is 6.67. The van der Waals surface area contributed by atoms with E-state index in [0.29, 0.717) is 17.7 Å². The molecule has 0 unspecified atom stereocenters. The van der Waals surface area contributed by atoms with E-state index >= 15 is 0 Å². The van der Waals surface area contributed by atoms with Crippen LogP contribution in [0, 0.1) is 17.1 Å². The molecule has 1 N–H and O–H groups in total. The van der Waals surface area contributed by atoms with Crippen molar-refractivity contribution in [3.05, 3.63) is 59.4 Å². The van der Waals surface area contributed by atoms with Gasteiger partial charge >= 0.3 is 0 Å². The van der Waals surface area contributed by atoms with E-state index in [9.17, 15) is 9.50 Å². The monoisotopic (exact) mass is 311 g/mol. The van der Waals surface area contributed by atoms with Gasteiger partial charge in [-0.15, -0.1) is 0 Å². The molecule has 1 heterocycles. The summed E-state index contributed by atoms with van der Waals surface area (Å²) in [6, 6.07) is 13.7. The summed E-state index contributed by atoms with van der Waals surface area (Å²) in [6.45, 7) is 3.88. The van der Waals surface area contributed by atoms with Gasteiger partial charge in [0.1, 0.15) is 11.6 Å². The summed E-state index contributed by atoms with van der Waals surface area (Å²) in [6.07, 6.45) is 0. The van der Waals surface area contributed by atoms with Crippen LogP contribution in [0.25, 0.3) is 0 Å². The van der Waals surface area contributed by atoms with Crippen LogP contribution in [0.1, 0.15) is 11.1 Å². The van der Waals surface area contributed by atoms with Crippen LogP contribution in [0.4, 0.5) is 10.1 Å². The van der Waals surface area contributed by atoms with Crippen LogP contribution in [0.2, 0.25) is 0 Å². The maximum absolute atomic E-state index is 13.9. The van der Waals surface area contributed by atoms with Crippen molar-refractivity contribution in [3.63, 3.8) is 0 Å². The van der Waals surface area contributed by atoms with E-state index in [4.69, 9.17) is 5.26 Å². The molecule has 1 aliphatic heterocycles. The smallest absolute Gasteiger partial charge is 0.127 e. The average molecular weight is 311 g/mol. The van der Waals surface area contributed by atoms with Gasteiger partial charge in [-0.2, -0.15) is 5.26 Å². The molecule has 0 amide bonds. The molecule has 0 aliphatic carbocycles. The first-order valence-corrected chi connectivity index (χ1v) is 7.60. The number of benzene rings is 2. The van der Waals surface area contributed by atoms with Gasteiger partial charge in [0.25, 0.3) is 0 Å². The van der Waals surface area contributed by atoms with Gasteiger partial charge in [0.2, 0.25) is 0 Å². The lowest BCUT2D eigenvalue weighted by molar-refractivity contribution is 0.246. The summed E-state index contributed by atoms with van der Waals surface area (Å²) in [5, 5.41) is 18.3. The zero-order valence-electron chi connectivity index (χ0n) is 12.7. The zero-order valence-corrected chi connectivity index (χ0v) is 12.7. The first-order chi connectivity index (χ1) is 11.2. The Kier molecular flexibility index (Phi) is 4.45. The molecule has 3 rings (SSSR count). The van der Waals surface area contributed by atoms with Crippen molar-refractivity contribution in [3.8, 4) is 11.8 Å². The minimum absolute atomic E-state index is 0.259. The molecule has 2 aromatic rings.